The van der Waals surface area contributed by atoms with Crippen molar-refractivity contribution in [3.05, 3.63) is 83.4 Å². The first-order valence-corrected chi connectivity index (χ1v) is 11.5. The number of hydrogen-bond donors (Lipinski definition) is 0. The van der Waals surface area contributed by atoms with Crippen molar-refractivity contribution in [1.82, 2.24) is 9.97 Å². The average Bonchev–Trinajstić information content (AvgIpc) is 2.84. The van der Waals surface area contributed by atoms with Crippen molar-refractivity contribution in [3.8, 4) is 11.5 Å². The van der Waals surface area contributed by atoms with Crippen LogP contribution in [0.15, 0.2) is 77.0 Å². The van der Waals surface area contributed by atoms with Crippen LogP contribution in [0.2, 0.25) is 0 Å². The summed E-state index contributed by atoms with van der Waals surface area (Å²) < 4.78 is 11.7. The highest BCUT2D eigenvalue weighted by Gasteiger charge is 2.18. The second kappa shape index (κ2) is 9.97. The van der Waals surface area contributed by atoms with Gasteiger partial charge in [-0.2, -0.15) is 10.1 Å². The summed E-state index contributed by atoms with van der Waals surface area (Å²) in [6, 6.07) is 22.1. The van der Waals surface area contributed by atoms with E-state index in [0.717, 1.165) is 52.4 Å². The number of aryl methyl sites for hydroxylation is 2. The summed E-state index contributed by atoms with van der Waals surface area (Å²) >= 11 is 0. The molecule has 0 atom stereocenters. The smallest absolute Gasteiger partial charge is 0.270 e. The zero-order chi connectivity index (χ0) is 23.3. The van der Waals surface area contributed by atoms with Crippen molar-refractivity contribution in [2.45, 2.75) is 20.4 Å². The maximum atomic E-state index is 6.12. The summed E-state index contributed by atoms with van der Waals surface area (Å²) in [7, 11) is 0. The Morgan fingerprint density at radius 1 is 0.882 bits per heavy atom. The van der Waals surface area contributed by atoms with Gasteiger partial charge in [0.1, 0.15) is 17.3 Å². The predicted molar refractivity (Wildman–Crippen MR) is 133 cm³/mol. The third kappa shape index (κ3) is 5.21. The fourth-order valence-corrected chi connectivity index (χ4v) is 4.01. The molecule has 1 aliphatic rings. The van der Waals surface area contributed by atoms with Gasteiger partial charge in [0.05, 0.1) is 25.3 Å². The third-order valence-corrected chi connectivity index (χ3v) is 5.67. The number of azo groups is 1. The lowest BCUT2D eigenvalue weighted by Crippen LogP contribution is -2.36. The number of hydrogen-bond acceptors (Lipinski definition) is 7. The molecule has 4 aromatic rings. The van der Waals surface area contributed by atoms with E-state index in [4.69, 9.17) is 14.5 Å². The Kier molecular flexibility index (Phi) is 6.44. The van der Waals surface area contributed by atoms with Crippen molar-refractivity contribution in [2.24, 2.45) is 10.2 Å². The molecule has 0 radical (unpaired) electrons. The Labute approximate surface area is 199 Å². The maximum Gasteiger partial charge on any atom is 0.270 e. The number of anilines is 1. The van der Waals surface area contributed by atoms with Crippen LogP contribution < -0.4 is 9.64 Å². The van der Waals surface area contributed by atoms with Crippen LogP contribution in [0.3, 0.4) is 0 Å². The lowest BCUT2D eigenvalue weighted by atomic mass is 10.1. The fraction of sp³-hybridized carbons (Fsp3) is 0.259. The summed E-state index contributed by atoms with van der Waals surface area (Å²) in [6.07, 6.45) is 0. The van der Waals surface area contributed by atoms with Gasteiger partial charge in [-0.3, -0.25) is 0 Å². The Morgan fingerprint density at radius 3 is 2.44 bits per heavy atom. The van der Waals surface area contributed by atoms with Crippen molar-refractivity contribution >= 4 is 22.7 Å². The standard InChI is InChI=1S/C27H27N5O2/c1-19-5-3-7-21(15-19)18-28-31-27-29-25-10-9-23(34-22-8-4-6-20(2)16-22)17-24(25)26(30-27)32-11-13-33-14-12-32/h3-10,15-17H,11-14,18H2,1-2H3. The Morgan fingerprint density at radius 2 is 1.65 bits per heavy atom. The van der Waals surface area contributed by atoms with E-state index in [0.29, 0.717) is 25.7 Å². The zero-order valence-corrected chi connectivity index (χ0v) is 19.4. The molecule has 1 fully saturated rings. The van der Waals surface area contributed by atoms with Crippen molar-refractivity contribution < 1.29 is 9.47 Å². The molecule has 5 rings (SSSR count). The van der Waals surface area contributed by atoms with E-state index in [1.807, 2.05) is 61.5 Å². The number of fused-ring (bicyclic) bond motifs is 1. The van der Waals surface area contributed by atoms with Gasteiger partial charge in [0, 0.05) is 18.5 Å². The van der Waals surface area contributed by atoms with E-state index in [-0.39, 0.29) is 0 Å². The molecule has 0 amide bonds. The molecule has 7 nitrogen and oxygen atoms in total. The highest BCUT2D eigenvalue weighted by molar-refractivity contribution is 5.91. The van der Waals surface area contributed by atoms with Crippen LogP contribution in [0.5, 0.6) is 11.5 Å². The molecule has 172 valence electrons. The van der Waals surface area contributed by atoms with E-state index in [1.54, 1.807) is 0 Å². The molecule has 1 aliphatic heterocycles. The largest absolute Gasteiger partial charge is 0.457 e. The molecule has 0 N–H and O–H groups in total. The van der Waals surface area contributed by atoms with E-state index in [1.165, 1.54) is 5.56 Å². The molecule has 1 saturated heterocycles. The first kappa shape index (κ1) is 22.0. The minimum absolute atomic E-state index is 0.356. The summed E-state index contributed by atoms with van der Waals surface area (Å²) in [5, 5.41) is 9.63. The lowest BCUT2D eigenvalue weighted by Gasteiger charge is -2.28. The summed E-state index contributed by atoms with van der Waals surface area (Å²) in [4.78, 5) is 11.6. The first-order valence-electron chi connectivity index (χ1n) is 11.5. The van der Waals surface area contributed by atoms with Crippen LogP contribution in [-0.2, 0) is 11.3 Å². The molecule has 0 unspecified atom stereocenters. The first-order chi connectivity index (χ1) is 16.6. The normalized spacial score (nSPS) is 14.1. The lowest BCUT2D eigenvalue weighted by molar-refractivity contribution is 0.122. The quantitative estimate of drug-likeness (QED) is 0.327. The van der Waals surface area contributed by atoms with Gasteiger partial charge >= 0.3 is 0 Å². The van der Waals surface area contributed by atoms with Gasteiger partial charge in [0.2, 0.25) is 0 Å². The molecule has 3 aromatic carbocycles. The number of ether oxygens (including phenoxy) is 2. The fourth-order valence-electron chi connectivity index (χ4n) is 4.01. The van der Waals surface area contributed by atoms with Gasteiger partial charge in [-0.15, -0.1) is 5.11 Å². The number of benzene rings is 3. The van der Waals surface area contributed by atoms with Crippen molar-refractivity contribution in [3.63, 3.8) is 0 Å². The molecule has 34 heavy (non-hydrogen) atoms. The minimum Gasteiger partial charge on any atom is -0.457 e. The molecule has 2 heterocycles. The summed E-state index contributed by atoms with van der Waals surface area (Å²) in [5.41, 5.74) is 4.26. The number of morpholine rings is 1. The van der Waals surface area contributed by atoms with Crippen LogP contribution in [0, 0.1) is 13.8 Å². The zero-order valence-electron chi connectivity index (χ0n) is 19.4. The monoisotopic (exact) mass is 453 g/mol. The number of rotatable bonds is 6. The Bertz CT molecular complexity index is 1330. The molecule has 0 aliphatic carbocycles. The minimum atomic E-state index is 0.356. The molecule has 1 aromatic heterocycles. The van der Waals surface area contributed by atoms with Crippen LogP contribution in [0.25, 0.3) is 10.9 Å². The van der Waals surface area contributed by atoms with E-state index in [2.05, 4.69) is 39.2 Å². The van der Waals surface area contributed by atoms with Gasteiger partial charge in [-0.1, -0.05) is 42.0 Å². The number of aromatic nitrogens is 2. The van der Waals surface area contributed by atoms with Gasteiger partial charge in [-0.25, -0.2) is 4.98 Å². The Balaban J connectivity index is 1.47. The molecule has 0 bridgehead atoms. The molecular weight excluding hydrogens is 426 g/mol. The van der Waals surface area contributed by atoms with E-state index >= 15 is 0 Å². The van der Waals surface area contributed by atoms with Crippen molar-refractivity contribution in [2.75, 3.05) is 31.2 Å². The second-order valence-electron chi connectivity index (χ2n) is 8.43. The molecular formula is C27H27N5O2. The van der Waals surface area contributed by atoms with Gasteiger partial charge in [-0.05, 0) is 55.3 Å². The topological polar surface area (TPSA) is 72.2 Å². The second-order valence-corrected chi connectivity index (χ2v) is 8.43. The molecule has 0 saturated carbocycles. The van der Waals surface area contributed by atoms with Crippen LogP contribution in [0.4, 0.5) is 11.8 Å². The third-order valence-electron chi connectivity index (χ3n) is 5.67. The Hall–Kier alpha value is -3.84. The van der Waals surface area contributed by atoms with Crippen LogP contribution >= 0.6 is 0 Å². The van der Waals surface area contributed by atoms with Gasteiger partial charge in [0.25, 0.3) is 5.95 Å². The van der Waals surface area contributed by atoms with Crippen LogP contribution in [0.1, 0.15) is 16.7 Å². The maximum absolute atomic E-state index is 6.12. The average molecular weight is 454 g/mol. The highest BCUT2D eigenvalue weighted by atomic mass is 16.5. The van der Waals surface area contributed by atoms with Gasteiger partial charge in [0.15, 0.2) is 0 Å². The SMILES string of the molecule is Cc1cccc(CN=Nc2nc(N3CCOCC3)c3cc(Oc4cccc(C)c4)ccc3n2)c1. The van der Waals surface area contributed by atoms with Crippen LogP contribution in [-0.4, -0.2) is 36.3 Å². The van der Waals surface area contributed by atoms with Gasteiger partial charge < -0.3 is 14.4 Å². The van der Waals surface area contributed by atoms with E-state index < -0.39 is 0 Å². The summed E-state index contributed by atoms with van der Waals surface area (Å²) in [6.45, 7) is 7.44. The molecule has 0 spiro atoms. The molecule has 7 heteroatoms. The van der Waals surface area contributed by atoms with Crippen molar-refractivity contribution in [1.29, 1.82) is 0 Å². The van der Waals surface area contributed by atoms with E-state index in [9.17, 15) is 0 Å². The summed E-state index contributed by atoms with van der Waals surface area (Å²) in [5.74, 6) is 2.72. The highest BCUT2D eigenvalue weighted by Crippen LogP contribution is 2.32. The number of nitrogens with zero attached hydrogens (tertiary/aromatic N) is 5. The predicted octanol–water partition coefficient (Wildman–Crippen LogP) is 6.16.